The number of hydrogen-bond acceptors (Lipinski definition) is 4. The molecule has 6 nitrogen and oxygen atoms in total. The fraction of sp³-hybridized carbons (Fsp3) is 0.333. The molecule has 1 aromatic carbocycles. The van der Waals surface area contributed by atoms with Crippen LogP contribution in [0, 0.1) is 6.92 Å². The highest BCUT2D eigenvalue weighted by atomic mass is 19.4. The van der Waals surface area contributed by atoms with Crippen LogP contribution in [0.2, 0.25) is 0 Å². The van der Waals surface area contributed by atoms with Crippen LogP contribution in [0.1, 0.15) is 34.9 Å². The van der Waals surface area contributed by atoms with Gasteiger partial charge >= 0.3 is 12.2 Å². The maximum Gasteiger partial charge on any atom is 0.416 e. The highest BCUT2D eigenvalue weighted by molar-refractivity contribution is 5.90. The van der Waals surface area contributed by atoms with Crippen LogP contribution in [0.3, 0.4) is 0 Å². The molecule has 0 aliphatic carbocycles. The van der Waals surface area contributed by atoms with Gasteiger partial charge in [0.2, 0.25) is 0 Å². The summed E-state index contributed by atoms with van der Waals surface area (Å²) in [5.41, 5.74) is 2.65. The lowest BCUT2D eigenvalue weighted by Gasteiger charge is -2.27. The molecule has 0 saturated carbocycles. The van der Waals surface area contributed by atoms with Crippen molar-refractivity contribution < 1.29 is 28.2 Å². The van der Waals surface area contributed by atoms with E-state index in [1.807, 2.05) is 13.0 Å². The van der Waals surface area contributed by atoms with E-state index in [1.165, 1.54) is 18.3 Å². The summed E-state index contributed by atoms with van der Waals surface area (Å²) in [6.45, 7) is 2.25. The fourth-order valence-electron chi connectivity index (χ4n) is 3.23. The van der Waals surface area contributed by atoms with Crippen LogP contribution < -0.4 is 5.32 Å². The number of benzene rings is 1. The van der Waals surface area contributed by atoms with Gasteiger partial charge in [0.1, 0.15) is 6.10 Å². The van der Waals surface area contributed by atoms with E-state index in [0.29, 0.717) is 30.8 Å². The third-order valence-corrected chi connectivity index (χ3v) is 4.92. The van der Waals surface area contributed by atoms with Crippen LogP contribution in [-0.2, 0) is 6.18 Å². The topological polar surface area (TPSA) is 85.7 Å². The van der Waals surface area contributed by atoms with E-state index in [-0.39, 0.29) is 6.61 Å². The number of urea groups is 1. The molecule has 3 N–H and O–H groups in total. The van der Waals surface area contributed by atoms with E-state index in [4.69, 9.17) is 5.11 Å². The van der Waals surface area contributed by atoms with Gasteiger partial charge in [-0.1, -0.05) is 6.08 Å². The first-order valence-corrected chi connectivity index (χ1v) is 9.37. The Morgan fingerprint density at radius 2 is 2.00 bits per heavy atom. The molecule has 0 spiro atoms. The first kappa shape index (κ1) is 21.8. The van der Waals surface area contributed by atoms with Crippen molar-refractivity contribution in [2.24, 2.45) is 0 Å². The Bertz CT molecular complexity index is 943. The molecule has 2 heterocycles. The minimum absolute atomic E-state index is 0.290. The van der Waals surface area contributed by atoms with Gasteiger partial charge in [-0.3, -0.25) is 4.98 Å². The van der Waals surface area contributed by atoms with E-state index in [2.05, 4.69) is 10.3 Å². The summed E-state index contributed by atoms with van der Waals surface area (Å²) in [6, 6.07) is 5.68. The molecule has 1 aliphatic rings. The van der Waals surface area contributed by atoms with E-state index in [0.717, 1.165) is 29.0 Å². The molecular formula is C21H22F3N3O3. The number of carbonyl (C=O) groups excluding carboxylic acids is 1. The van der Waals surface area contributed by atoms with Crippen LogP contribution in [0.4, 0.5) is 23.7 Å². The number of alkyl halides is 3. The van der Waals surface area contributed by atoms with Crippen molar-refractivity contribution in [3.05, 3.63) is 65.0 Å². The summed E-state index contributed by atoms with van der Waals surface area (Å²) >= 11 is 0. The zero-order chi connectivity index (χ0) is 21.9. The van der Waals surface area contributed by atoms with Crippen molar-refractivity contribution in [2.45, 2.75) is 25.6 Å². The van der Waals surface area contributed by atoms with Gasteiger partial charge in [0.05, 0.1) is 17.9 Å². The number of aliphatic hydroxyl groups excluding tert-OH is 2. The molecule has 2 aromatic rings. The Hall–Kier alpha value is -2.91. The smallest absolute Gasteiger partial charge is 0.393 e. The van der Waals surface area contributed by atoms with Crippen LogP contribution in [0.15, 0.2) is 42.6 Å². The quantitative estimate of drug-likeness (QED) is 0.702. The molecule has 1 aromatic heterocycles. The van der Waals surface area contributed by atoms with Crippen LogP contribution in [0.5, 0.6) is 0 Å². The molecule has 0 radical (unpaired) electrons. The summed E-state index contributed by atoms with van der Waals surface area (Å²) in [7, 11) is 0. The highest BCUT2D eigenvalue weighted by Gasteiger charge is 2.30. The van der Waals surface area contributed by atoms with Gasteiger partial charge in [0.25, 0.3) is 0 Å². The molecule has 30 heavy (non-hydrogen) atoms. The maximum atomic E-state index is 12.6. The van der Waals surface area contributed by atoms with Crippen molar-refractivity contribution >= 4 is 17.3 Å². The predicted octanol–water partition coefficient (Wildman–Crippen LogP) is 3.76. The number of carbonyl (C=O) groups is 1. The molecular weight excluding hydrogens is 399 g/mol. The summed E-state index contributed by atoms with van der Waals surface area (Å²) in [4.78, 5) is 18.4. The van der Waals surface area contributed by atoms with Crippen molar-refractivity contribution in [3.63, 3.8) is 0 Å². The zero-order valence-corrected chi connectivity index (χ0v) is 16.3. The lowest BCUT2D eigenvalue weighted by Crippen LogP contribution is -2.38. The number of aromatic nitrogens is 1. The molecule has 2 amide bonds. The number of nitrogens with zero attached hydrogens (tertiary/aromatic N) is 2. The number of amides is 2. The Labute approximate surface area is 171 Å². The van der Waals surface area contributed by atoms with Crippen molar-refractivity contribution in [1.29, 1.82) is 0 Å². The van der Waals surface area contributed by atoms with Gasteiger partial charge in [0.15, 0.2) is 0 Å². The molecule has 1 aliphatic heterocycles. The van der Waals surface area contributed by atoms with Gasteiger partial charge in [0, 0.05) is 30.5 Å². The molecule has 0 saturated heterocycles. The lowest BCUT2D eigenvalue weighted by molar-refractivity contribution is -0.137. The molecule has 0 unspecified atom stereocenters. The molecule has 0 fully saturated rings. The second kappa shape index (κ2) is 8.85. The molecule has 1 atom stereocenters. The summed E-state index contributed by atoms with van der Waals surface area (Å²) in [5, 5.41) is 21.4. The fourth-order valence-corrected chi connectivity index (χ4v) is 3.23. The van der Waals surface area contributed by atoms with E-state index >= 15 is 0 Å². The van der Waals surface area contributed by atoms with Crippen LogP contribution >= 0.6 is 0 Å². The maximum absolute atomic E-state index is 12.6. The standard InChI is InChI=1S/C21H22F3N3O3/c1-13-10-15(18(29)12-28)11-25-19(13)14-6-8-27(9-7-14)20(30)26-17-4-2-16(3-5-17)21(22,23)24/h2-6,10-11,18,28-29H,7-9,12H2,1H3,(H,26,30)/t18-/m1/s1. The number of anilines is 1. The number of rotatable bonds is 4. The van der Waals surface area contributed by atoms with E-state index in [1.54, 1.807) is 11.0 Å². The number of pyridine rings is 1. The second-order valence-corrected chi connectivity index (χ2v) is 7.06. The lowest BCUT2D eigenvalue weighted by atomic mass is 9.99. The average molecular weight is 421 g/mol. The monoisotopic (exact) mass is 421 g/mol. The second-order valence-electron chi connectivity index (χ2n) is 7.06. The molecule has 160 valence electrons. The minimum Gasteiger partial charge on any atom is -0.393 e. The van der Waals surface area contributed by atoms with E-state index in [9.17, 15) is 23.1 Å². The van der Waals surface area contributed by atoms with Gasteiger partial charge in [-0.2, -0.15) is 13.2 Å². The van der Waals surface area contributed by atoms with Crippen LogP contribution in [0.25, 0.3) is 5.57 Å². The summed E-state index contributed by atoms with van der Waals surface area (Å²) in [6.07, 6.45) is -1.43. The van der Waals surface area contributed by atoms with Gasteiger partial charge < -0.3 is 20.4 Å². The van der Waals surface area contributed by atoms with E-state index < -0.39 is 23.9 Å². The molecule has 0 bridgehead atoms. The first-order valence-electron chi connectivity index (χ1n) is 9.37. The largest absolute Gasteiger partial charge is 0.416 e. The van der Waals surface area contributed by atoms with Crippen molar-refractivity contribution in [1.82, 2.24) is 9.88 Å². The number of nitrogens with one attached hydrogen (secondary N) is 1. The van der Waals surface area contributed by atoms with Crippen LogP contribution in [-0.4, -0.2) is 45.8 Å². The van der Waals surface area contributed by atoms with Gasteiger partial charge in [-0.15, -0.1) is 0 Å². The molecule has 3 rings (SSSR count). The Morgan fingerprint density at radius 3 is 2.53 bits per heavy atom. The summed E-state index contributed by atoms with van der Waals surface area (Å²) < 4.78 is 37.9. The van der Waals surface area contributed by atoms with Gasteiger partial charge in [-0.05, 0) is 54.8 Å². The Kier molecular flexibility index (Phi) is 6.42. The third kappa shape index (κ3) is 4.98. The number of aryl methyl sites for hydroxylation is 1. The third-order valence-electron chi connectivity index (χ3n) is 4.92. The summed E-state index contributed by atoms with van der Waals surface area (Å²) in [5.74, 6) is 0. The number of aliphatic hydroxyl groups is 2. The highest BCUT2D eigenvalue weighted by Crippen LogP contribution is 2.30. The average Bonchev–Trinajstić information content (AvgIpc) is 2.73. The van der Waals surface area contributed by atoms with Gasteiger partial charge in [-0.25, -0.2) is 4.79 Å². The minimum atomic E-state index is -4.42. The molecule has 9 heteroatoms. The van der Waals surface area contributed by atoms with Crippen molar-refractivity contribution in [2.75, 3.05) is 25.0 Å². The first-order chi connectivity index (χ1) is 14.2. The number of hydrogen-bond donors (Lipinski definition) is 3. The zero-order valence-electron chi connectivity index (χ0n) is 16.3. The van der Waals surface area contributed by atoms with Crippen molar-refractivity contribution in [3.8, 4) is 0 Å². The Balaban J connectivity index is 1.63. The normalized spacial score (nSPS) is 15.5. The Morgan fingerprint density at radius 1 is 1.30 bits per heavy atom. The number of halogens is 3. The SMILES string of the molecule is Cc1cc([C@H](O)CO)cnc1C1=CCN(C(=O)Nc2ccc(C(F)(F)F)cc2)CC1. The predicted molar refractivity (Wildman–Crippen MR) is 106 cm³/mol.